The SMILES string of the molecule is COc1cccc2sc(N(Cc3ccccc3)C(=O)c3ccc(C#N)cc3)nc12. The van der Waals surface area contributed by atoms with E-state index in [0.29, 0.717) is 28.6 Å². The summed E-state index contributed by atoms with van der Waals surface area (Å²) in [6.45, 7) is 0.391. The number of ether oxygens (including phenoxy) is 1. The second-order valence-electron chi connectivity index (χ2n) is 6.37. The van der Waals surface area contributed by atoms with Gasteiger partial charge in [0.25, 0.3) is 5.91 Å². The van der Waals surface area contributed by atoms with Gasteiger partial charge in [-0.1, -0.05) is 47.7 Å². The number of amides is 1. The van der Waals surface area contributed by atoms with Crippen LogP contribution in [0.3, 0.4) is 0 Å². The van der Waals surface area contributed by atoms with Gasteiger partial charge in [-0.05, 0) is 42.0 Å². The molecule has 0 saturated heterocycles. The second kappa shape index (κ2) is 8.13. The first-order valence-corrected chi connectivity index (χ1v) is 9.81. The van der Waals surface area contributed by atoms with E-state index in [0.717, 1.165) is 15.8 Å². The lowest BCUT2D eigenvalue weighted by Gasteiger charge is -2.20. The van der Waals surface area contributed by atoms with Crippen LogP contribution >= 0.6 is 11.3 Å². The molecule has 0 N–H and O–H groups in total. The Bertz CT molecular complexity index is 1190. The van der Waals surface area contributed by atoms with E-state index in [1.165, 1.54) is 11.3 Å². The molecule has 0 aliphatic rings. The van der Waals surface area contributed by atoms with Crippen molar-refractivity contribution in [3.8, 4) is 11.8 Å². The van der Waals surface area contributed by atoms with Crippen LogP contribution in [0, 0.1) is 11.3 Å². The van der Waals surface area contributed by atoms with E-state index in [-0.39, 0.29) is 5.91 Å². The summed E-state index contributed by atoms with van der Waals surface area (Å²) in [5.74, 6) is 0.506. The van der Waals surface area contributed by atoms with Gasteiger partial charge in [0.2, 0.25) is 0 Å². The molecule has 142 valence electrons. The number of aromatic nitrogens is 1. The highest BCUT2D eigenvalue weighted by atomic mass is 32.1. The first kappa shape index (κ1) is 18.7. The third kappa shape index (κ3) is 3.82. The van der Waals surface area contributed by atoms with E-state index < -0.39 is 0 Å². The van der Waals surface area contributed by atoms with Crippen LogP contribution in [0.1, 0.15) is 21.5 Å². The third-order valence-corrected chi connectivity index (χ3v) is 5.55. The quantitative estimate of drug-likeness (QED) is 0.472. The minimum Gasteiger partial charge on any atom is -0.494 e. The number of hydrogen-bond acceptors (Lipinski definition) is 5. The molecular weight excluding hydrogens is 382 g/mol. The number of para-hydroxylation sites is 1. The van der Waals surface area contributed by atoms with Crippen molar-refractivity contribution in [3.05, 3.63) is 89.5 Å². The minimum absolute atomic E-state index is 0.170. The number of methoxy groups -OCH3 is 1. The Labute approximate surface area is 172 Å². The minimum atomic E-state index is -0.170. The molecule has 0 bridgehead atoms. The van der Waals surface area contributed by atoms with Gasteiger partial charge in [-0.2, -0.15) is 5.26 Å². The Morgan fingerprint density at radius 3 is 2.52 bits per heavy atom. The predicted octanol–water partition coefficient (Wildman–Crippen LogP) is 5.02. The van der Waals surface area contributed by atoms with E-state index in [2.05, 4.69) is 6.07 Å². The van der Waals surface area contributed by atoms with Gasteiger partial charge in [0, 0.05) is 5.56 Å². The highest BCUT2D eigenvalue weighted by Crippen LogP contribution is 2.35. The molecule has 0 saturated carbocycles. The predicted molar refractivity (Wildman–Crippen MR) is 114 cm³/mol. The van der Waals surface area contributed by atoms with Crippen molar-refractivity contribution in [2.24, 2.45) is 0 Å². The molecule has 4 aromatic rings. The summed E-state index contributed by atoms with van der Waals surface area (Å²) in [7, 11) is 1.61. The summed E-state index contributed by atoms with van der Waals surface area (Å²) in [6, 6.07) is 24.2. The molecule has 1 heterocycles. The number of carbonyl (C=O) groups is 1. The molecule has 0 unspecified atom stereocenters. The van der Waals surface area contributed by atoms with Crippen LogP contribution in [0.15, 0.2) is 72.8 Å². The van der Waals surface area contributed by atoms with Gasteiger partial charge in [0.15, 0.2) is 5.13 Å². The van der Waals surface area contributed by atoms with Crippen molar-refractivity contribution in [2.45, 2.75) is 6.54 Å². The first-order chi connectivity index (χ1) is 14.2. The molecule has 0 fully saturated rings. The summed E-state index contributed by atoms with van der Waals surface area (Å²) >= 11 is 1.45. The second-order valence-corrected chi connectivity index (χ2v) is 7.38. The standard InChI is InChI=1S/C23H17N3O2S/c1-28-19-8-5-9-20-21(19)25-23(29-20)26(15-17-6-3-2-4-7-17)22(27)18-12-10-16(14-24)11-13-18/h2-13H,15H2,1H3. The maximum Gasteiger partial charge on any atom is 0.260 e. The lowest BCUT2D eigenvalue weighted by molar-refractivity contribution is 0.0985. The van der Waals surface area contributed by atoms with Gasteiger partial charge in [0.1, 0.15) is 11.3 Å². The van der Waals surface area contributed by atoms with Crippen LogP contribution < -0.4 is 9.64 Å². The summed E-state index contributed by atoms with van der Waals surface area (Å²) < 4.78 is 6.37. The molecule has 6 heteroatoms. The molecule has 1 aromatic heterocycles. The zero-order valence-electron chi connectivity index (χ0n) is 15.7. The molecule has 0 spiro atoms. The van der Waals surface area contributed by atoms with Crippen LogP contribution in [0.2, 0.25) is 0 Å². The molecule has 0 aliphatic carbocycles. The maximum atomic E-state index is 13.4. The van der Waals surface area contributed by atoms with Gasteiger partial charge in [0.05, 0.1) is 30.0 Å². The number of fused-ring (bicyclic) bond motifs is 1. The molecule has 4 rings (SSSR count). The van der Waals surface area contributed by atoms with Crippen LogP contribution in [-0.2, 0) is 6.54 Å². The summed E-state index contributed by atoms with van der Waals surface area (Å²) in [5, 5.41) is 9.61. The van der Waals surface area contributed by atoms with Crippen molar-refractivity contribution in [2.75, 3.05) is 12.0 Å². The Morgan fingerprint density at radius 1 is 1.07 bits per heavy atom. The van der Waals surface area contributed by atoms with Crippen LogP contribution in [-0.4, -0.2) is 18.0 Å². The highest BCUT2D eigenvalue weighted by Gasteiger charge is 2.22. The Balaban J connectivity index is 1.77. The van der Waals surface area contributed by atoms with E-state index in [9.17, 15) is 4.79 Å². The number of carbonyl (C=O) groups excluding carboxylic acids is 1. The molecule has 29 heavy (non-hydrogen) atoms. The third-order valence-electron chi connectivity index (χ3n) is 4.51. The van der Waals surface area contributed by atoms with E-state index in [1.54, 1.807) is 36.3 Å². The number of rotatable bonds is 5. The number of anilines is 1. The molecule has 0 atom stereocenters. The summed E-state index contributed by atoms with van der Waals surface area (Å²) in [5.41, 5.74) is 2.76. The van der Waals surface area contributed by atoms with Crippen LogP contribution in [0.4, 0.5) is 5.13 Å². The number of hydrogen-bond donors (Lipinski definition) is 0. The van der Waals surface area contributed by atoms with Gasteiger partial charge in [-0.25, -0.2) is 4.98 Å². The molecule has 3 aromatic carbocycles. The normalized spacial score (nSPS) is 10.5. The fraction of sp³-hybridized carbons (Fsp3) is 0.0870. The number of thiazole rings is 1. The Hall–Kier alpha value is -3.69. The molecule has 5 nitrogen and oxygen atoms in total. The van der Waals surface area contributed by atoms with Crippen molar-refractivity contribution in [1.82, 2.24) is 4.98 Å². The largest absolute Gasteiger partial charge is 0.494 e. The van der Waals surface area contributed by atoms with Crippen LogP contribution in [0.25, 0.3) is 10.2 Å². The number of nitriles is 1. The average Bonchev–Trinajstić information content (AvgIpc) is 3.22. The topological polar surface area (TPSA) is 66.2 Å². The Morgan fingerprint density at radius 2 is 1.83 bits per heavy atom. The summed E-state index contributed by atoms with van der Waals surface area (Å²) in [6.07, 6.45) is 0. The summed E-state index contributed by atoms with van der Waals surface area (Å²) in [4.78, 5) is 19.7. The fourth-order valence-electron chi connectivity index (χ4n) is 3.03. The van der Waals surface area contributed by atoms with Gasteiger partial charge >= 0.3 is 0 Å². The van der Waals surface area contributed by atoms with Crippen molar-refractivity contribution in [1.29, 1.82) is 5.26 Å². The highest BCUT2D eigenvalue weighted by molar-refractivity contribution is 7.22. The van der Waals surface area contributed by atoms with Crippen molar-refractivity contribution in [3.63, 3.8) is 0 Å². The lowest BCUT2D eigenvalue weighted by atomic mass is 10.1. The molecule has 0 radical (unpaired) electrons. The van der Waals surface area contributed by atoms with Gasteiger partial charge < -0.3 is 4.74 Å². The fourth-order valence-corrected chi connectivity index (χ4v) is 4.01. The van der Waals surface area contributed by atoms with Gasteiger partial charge in [-0.15, -0.1) is 0 Å². The Kier molecular flexibility index (Phi) is 5.23. The van der Waals surface area contributed by atoms with Crippen molar-refractivity contribution >= 4 is 32.6 Å². The van der Waals surface area contributed by atoms with E-state index >= 15 is 0 Å². The first-order valence-electron chi connectivity index (χ1n) is 8.99. The zero-order chi connectivity index (χ0) is 20.2. The number of benzene rings is 3. The van der Waals surface area contributed by atoms with Crippen molar-refractivity contribution < 1.29 is 9.53 Å². The molecule has 1 amide bonds. The monoisotopic (exact) mass is 399 g/mol. The average molecular weight is 399 g/mol. The molecule has 0 aliphatic heterocycles. The van der Waals surface area contributed by atoms with E-state index in [4.69, 9.17) is 15.0 Å². The smallest absolute Gasteiger partial charge is 0.260 e. The van der Waals surface area contributed by atoms with Crippen LogP contribution in [0.5, 0.6) is 5.75 Å². The van der Waals surface area contributed by atoms with Gasteiger partial charge in [-0.3, -0.25) is 9.69 Å². The van der Waals surface area contributed by atoms with E-state index in [1.807, 2.05) is 48.5 Å². The number of nitrogens with zero attached hydrogens (tertiary/aromatic N) is 3. The lowest BCUT2D eigenvalue weighted by Crippen LogP contribution is -2.30. The zero-order valence-corrected chi connectivity index (χ0v) is 16.5. The molecular formula is C23H17N3O2S. The maximum absolute atomic E-state index is 13.4.